The molecule has 3 aromatic rings. The van der Waals surface area contributed by atoms with E-state index in [0.29, 0.717) is 16.7 Å². The number of aromatic nitrogens is 3. The predicted molar refractivity (Wildman–Crippen MR) is 106 cm³/mol. The number of hydrogen-bond donors (Lipinski definition) is 1. The van der Waals surface area contributed by atoms with Gasteiger partial charge in [0.1, 0.15) is 5.75 Å². The van der Waals surface area contributed by atoms with Gasteiger partial charge in [-0.25, -0.2) is 0 Å². The lowest BCUT2D eigenvalue weighted by Gasteiger charge is -2.20. The van der Waals surface area contributed by atoms with Crippen LogP contribution in [0, 0.1) is 6.92 Å². The van der Waals surface area contributed by atoms with E-state index in [4.69, 9.17) is 9.47 Å². The topological polar surface area (TPSA) is 69.2 Å². The highest BCUT2D eigenvalue weighted by atomic mass is 32.2. The molecule has 0 saturated carbocycles. The van der Waals surface area contributed by atoms with E-state index in [2.05, 4.69) is 33.5 Å². The van der Waals surface area contributed by atoms with Gasteiger partial charge in [-0.15, -0.1) is 10.2 Å². The van der Waals surface area contributed by atoms with Crippen molar-refractivity contribution in [2.45, 2.75) is 25.2 Å². The standard InChI is InChI=1S/C20H20N4O2S/c1-4-27-20-22-19-17(23-24-20)14-7-5-6-8-15(14)21-18(26-19)13-9-10-16(25-3)12(2)11-13/h5-11,18,21H,4H2,1-3H3/t18-/m1/s1. The van der Waals surface area contributed by atoms with Gasteiger partial charge in [-0.1, -0.05) is 36.9 Å². The van der Waals surface area contributed by atoms with Crippen LogP contribution in [0.3, 0.4) is 0 Å². The molecular formula is C20H20N4O2S. The lowest BCUT2D eigenvalue weighted by atomic mass is 10.1. The first-order valence-corrected chi connectivity index (χ1v) is 9.72. The SMILES string of the molecule is CCSc1nnc2c(n1)O[C@H](c1ccc(OC)c(C)c1)Nc1ccccc1-2. The maximum absolute atomic E-state index is 6.26. The molecule has 6 nitrogen and oxygen atoms in total. The fourth-order valence-electron chi connectivity index (χ4n) is 3.05. The molecule has 0 bridgehead atoms. The third-order valence-electron chi connectivity index (χ3n) is 4.33. The molecule has 0 aliphatic carbocycles. The zero-order chi connectivity index (χ0) is 18.8. The Kier molecular flexibility index (Phi) is 4.85. The smallest absolute Gasteiger partial charge is 0.247 e. The third kappa shape index (κ3) is 3.42. The Labute approximate surface area is 162 Å². The molecule has 0 amide bonds. The van der Waals surface area contributed by atoms with Crippen LogP contribution in [0.4, 0.5) is 5.69 Å². The number of anilines is 1. The van der Waals surface area contributed by atoms with Crippen molar-refractivity contribution < 1.29 is 9.47 Å². The number of ether oxygens (including phenoxy) is 2. The van der Waals surface area contributed by atoms with Gasteiger partial charge >= 0.3 is 0 Å². The second kappa shape index (κ2) is 7.44. The monoisotopic (exact) mass is 380 g/mol. The Balaban J connectivity index is 1.80. The Morgan fingerprint density at radius 2 is 2.04 bits per heavy atom. The molecule has 1 atom stereocenters. The summed E-state index contributed by atoms with van der Waals surface area (Å²) in [4.78, 5) is 4.60. The van der Waals surface area contributed by atoms with Gasteiger partial charge in [-0.3, -0.25) is 0 Å². The minimum absolute atomic E-state index is 0.395. The van der Waals surface area contributed by atoms with Gasteiger partial charge in [-0.05, 0) is 42.5 Å². The molecule has 1 aromatic heterocycles. The molecule has 0 radical (unpaired) electrons. The number of rotatable bonds is 4. The number of para-hydroxylation sites is 1. The second-order valence-corrected chi connectivity index (χ2v) is 7.33. The highest BCUT2D eigenvalue weighted by Gasteiger charge is 2.26. The maximum Gasteiger partial charge on any atom is 0.247 e. The highest BCUT2D eigenvalue weighted by Crippen LogP contribution is 2.39. The summed E-state index contributed by atoms with van der Waals surface area (Å²) < 4.78 is 11.6. The Morgan fingerprint density at radius 1 is 1.19 bits per heavy atom. The van der Waals surface area contributed by atoms with Crippen molar-refractivity contribution in [3.8, 4) is 22.9 Å². The van der Waals surface area contributed by atoms with E-state index in [1.807, 2.05) is 43.3 Å². The van der Waals surface area contributed by atoms with Crippen LogP contribution in [0.25, 0.3) is 11.3 Å². The summed E-state index contributed by atoms with van der Waals surface area (Å²) in [7, 11) is 1.67. The van der Waals surface area contributed by atoms with Gasteiger partial charge in [0.25, 0.3) is 0 Å². The minimum Gasteiger partial charge on any atom is -0.496 e. The first-order chi connectivity index (χ1) is 13.2. The van der Waals surface area contributed by atoms with Crippen molar-refractivity contribution in [3.63, 3.8) is 0 Å². The Bertz CT molecular complexity index is 980. The van der Waals surface area contributed by atoms with Gasteiger partial charge in [0.2, 0.25) is 11.0 Å². The van der Waals surface area contributed by atoms with Gasteiger partial charge in [0.15, 0.2) is 11.9 Å². The molecule has 0 saturated heterocycles. The first kappa shape index (κ1) is 17.6. The summed E-state index contributed by atoms with van der Waals surface area (Å²) in [5.41, 5.74) is 4.53. The van der Waals surface area contributed by atoms with E-state index in [9.17, 15) is 0 Å². The van der Waals surface area contributed by atoms with Crippen LogP contribution in [0.1, 0.15) is 24.3 Å². The molecule has 0 fully saturated rings. The van der Waals surface area contributed by atoms with E-state index >= 15 is 0 Å². The molecule has 0 unspecified atom stereocenters. The van der Waals surface area contributed by atoms with Gasteiger partial charge in [0.05, 0.1) is 7.11 Å². The second-order valence-electron chi connectivity index (χ2n) is 6.10. The van der Waals surface area contributed by atoms with Gasteiger partial charge < -0.3 is 14.8 Å². The lowest BCUT2D eigenvalue weighted by molar-refractivity contribution is 0.225. The average Bonchev–Trinajstić information content (AvgIpc) is 2.84. The normalized spacial score (nSPS) is 15.0. The summed E-state index contributed by atoms with van der Waals surface area (Å²) in [6.07, 6.45) is -0.395. The summed E-state index contributed by atoms with van der Waals surface area (Å²) >= 11 is 1.54. The van der Waals surface area contributed by atoms with Crippen LogP contribution in [-0.2, 0) is 0 Å². The quantitative estimate of drug-likeness (QED) is 0.670. The molecule has 2 heterocycles. The van der Waals surface area contributed by atoms with E-state index in [1.54, 1.807) is 7.11 Å². The Hall–Kier alpha value is -2.80. The Morgan fingerprint density at radius 3 is 2.81 bits per heavy atom. The summed E-state index contributed by atoms with van der Waals surface area (Å²) in [6.45, 7) is 4.07. The van der Waals surface area contributed by atoms with Crippen molar-refractivity contribution in [2.24, 2.45) is 0 Å². The number of nitrogens with zero attached hydrogens (tertiary/aromatic N) is 3. The van der Waals surface area contributed by atoms with E-state index in [0.717, 1.165) is 33.9 Å². The largest absolute Gasteiger partial charge is 0.496 e. The van der Waals surface area contributed by atoms with Crippen LogP contribution < -0.4 is 14.8 Å². The molecule has 138 valence electrons. The average molecular weight is 380 g/mol. The van der Waals surface area contributed by atoms with Crippen LogP contribution in [-0.4, -0.2) is 28.0 Å². The van der Waals surface area contributed by atoms with Gasteiger partial charge in [0, 0.05) is 16.8 Å². The van der Waals surface area contributed by atoms with E-state index in [1.165, 1.54) is 11.8 Å². The lowest BCUT2D eigenvalue weighted by Crippen LogP contribution is -2.17. The van der Waals surface area contributed by atoms with E-state index < -0.39 is 6.23 Å². The molecule has 0 spiro atoms. The molecule has 1 N–H and O–H groups in total. The summed E-state index contributed by atoms with van der Waals surface area (Å²) in [5.74, 6) is 2.20. The number of benzene rings is 2. The number of hydrogen-bond acceptors (Lipinski definition) is 7. The third-order valence-corrected chi connectivity index (χ3v) is 5.05. The van der Waals surface area contributed by atoms with Crippen molar-refractivity contribution in [1.29, 1.82) is 0 Å². The summed E-state index contributed by atoms with van der Waals surface area (Å²) in [6, 6.07) is 14.0. The van der Waals surface area contributed by atoms with Crippen molar-refractivity contribution >= 4 is 17.4 Å². The number of thioether (sulfide) groups is 1. The number of methoxy groups -OCH3 is 1. The van der Waals surface area contributed by atoms with Crippen LogP contribution in [0.15, 0.2) is 47.6 Å². The fourth-order valence-corrected chi connectivity index (χ4v) is 3.56. The molecule has 4 rings (SSSR count). The number of aryl methyl sites for hydroxylation is 1. The van der Waals surface area contributed by atoms with Crippen LogP contribution >= 0.6 is 11.8 Å². The zero-order valence-corrected chi connectivity index (χ0v) is 16.2. The minimum atomic E-state index is -0.395. The summed E-state index contributed by atoms with van der Waals surface area (Å²) in [5, 5.41) is 12.7. The number of fused-ring (bicyclic) bond motifs is 3. The van der Waals surface area contributed by atoms with E-state index in [-0.39, 0.29) is 0 Å². The molecular weight excluding hydrogens is 360 g/mol. The first-order valence-electron chi connectivity index (χ1n) is 8.74. The molecule has 27 heavy (non-hydrogen) atoms. The van der Waals surface area contributed by atoms with Crippen molar-refractivity contribution in [2.75, 3.05) is 18.2 Å². The molecule has 2 aromatic carbocycles. The molecule has 1 aliphatic heterocycles. The zero-order valence-electron chi connectivity index (χ0n) is 15.4. The van der Waals surface area contributed by atoms with Crippen molar-refractivity contribution in [1.82, 2.24) is 15.2 Å². The van der Waals surface area contributed by atoms with Crippen LogP contribution in [0.2, 0.25) is 0 Å². The highest BCUT2D eigenvalue weighted by molar-refractivity contribution is 7.99. The predicted octanol–water partition coefficient (Wildman–Crippen LogP) is 4.47. The maximum atomic E-state index is 6.26. The fraction of sp³-hybridized carbons (Fsp3) is 0.250. The van der Waals surface area contributed by atoms with Crippen molar-refractivity contribution in [3.05, 3.63) is 53.6 Å². The van der Waals surface area contributed by atoms with Crippen LogP contribution in [0.5, 0.6) is 11.6 Å². The molecule has 1 aliphatic rings. The number of nitrogens with one attached hydrogen (secondary N) is 1. The molecule has 7 heteroatoms. The van der Waals surface area contributed by atoms with Gasteiger partial charge in [-0.2, -0.15) is 4.98 Å².